The van der Waals surface area contributed by atoms with E-state index < -0.39 is 8.32 Å². The quantitative estimate of drug-likeness (QED) is 0.225. The van der Waals surface area contributed by atoms with Crippen molar-refractivity contribution in [1.29, 1.82) is 0 Å². The van der Waals surface area contributed by atoms with E-state index in [4.69, 9.17) is 13.9 Å². The molecule has 0 unspecified atom stereocenters. The lowest BCUT2D eigenvalue weighted by atomic mass is 10.2. The fourth-order valence-corrected chi connectivity index (χ4v) is 9.01. The SMILES string of the molecule is C[C@@H](CCO[Si](c1ccccc1)(c1ccccc1)C(C)(C)C)OCCCOCc1ccccc1. The van der Waals surface area contributed by atoms with Crippen LogP contribution in [0.5, 0.6) is 0 Å². The van der Waals surface area contributed by atoms with Crippen molar-refractivity contribution in [3.63, 3.8) is 0 Å². The minimum Gasteiger partial charge on any atom is -0.407 e. The van der Waals surface area contributed by atoms with E-state index in [2.05, 4.69) is 100 Å². The Balaban J connectivity index is 1.52. The van der Waals surface area contributed by atoms with E-state index in [0.717, 1.165) is 12.8 Å². The zero-order valence-electron chi connectivity index (χ0n) is 21.2. The van der Waals surface area contributed by atoms with Crippen molar-refractivity contribution in [2.75, 3.05) is 19.8 Å². The molecule has 0 spiro atoms. The summed E-state index contributed by atoms with van der Waals surface area (Å²) in [5.74, 6) is 0. The van der Waals surface area contributed by atoms with Crippen LogP contribution in [0.25, 0.3) is 0 Å². The predicted molar refractivity (Wildman–Crippen MR) is 144 cm³/mol. The molecule has 0 bridgehead atoms. The third-order valence-corrected chi connectivity index (χ3v) is 11.2. The maximum absolute atomic E-state index is 6.97. The topological polar surface area (TPSA) is 27.7 Å². The summed E-state index contributed by atoms with van der Waals surface area (Å²) in [6, 6.07) is 31.9. The molecule has 0 aliphatic carbocycles. The molecule has 4 heteroatoms. The Bertz CT molecular complexity index is 900. The van der Waals surface area contributed by atoms with Crippen LogP contribution in [0.1, 0.15) is 46.1 Å². The standard InChI is InChI=1S/C30H40O3Si/c1-26(32-23-14-22-31-25-27-15-8-5-9-16-27)21-24-33-34(30(2,3)4,28-17-10-6-11-18-28)29-19-12-7-13-20-29/h5-13,15-20,26H,14,21-25H2,1-4H3/t26-/m0/s1. The van der Waals surface area contributed by atoms with Gasteiger partial charge in [0.15, 0.2) is 0 Å². The second-order valence-corrected chi connectivity index (χ2v) is 14.2. The molecule has 0 fully saturated rings. The first-order valence-corrected chi connectivity index (χ1v) is 14.3. The van der Waals surface area contributed by atoms with E-state index in [1.54, 1.807) is 0 Å². The normalized spacial score (nSPS) is 13.1. The molecule has 3 rings (SSSR count). The minimum atomic E-state index is -2.47. The summed E-state index contributed by atoms with van der Waals surface area (Å²) >= 11 is 0. The predicted octanol–water partition coefficient (Wildman–Crippen LogP) is 5.97. The summed E-state index contributed by atoms with van der Waals surface area (Å²) < 4.78 is 18.8. The zero-order chi connectivity index (χ0) is 24.3. The van der Waals surface area contributed by atoms with Gasteiger partial charge in [0.2, 0.25) is 0 Å². The average molecular weight is 477 g/mol. The zero-order valence-corrected chi connectivity index (χ0v) is 22.2. The van der Waals surface area contributed by atoms with Gasteiger partial charge in [0.1, 0.15) is 0 Å². The molecule has 0 N–H and O–H groups in total. The van der Waals surface area contributed by atoms with E-state index in [-0.39, 0.29) is 11.1 Å². The Hall–Kier alpha value is -2.24. The van der Waals surface area contributed by atoms with Gasteiger partial charge >= 0.3 is 0 Å². The van der Waals surface area contributed by atoms with Gasteiger partial charge in [-0.1, -0.05) is 112 Å². The largest absolute Gasteiger partial charge is 0.407 e. The summed E-state index contributed by atoms with van der Waals surface area (Å²) in [6.07, 6.45) is 1.91. The molecule has 182 valence electrons. The first kappa shape index (κ1) is 26.4. The Morgan fingerprint density at radius 1 is 0.706 bits per heavy atom. The lowest BCUT2D eigenvalue weighted by molar-refractivity contribution is 0.0288. The van der Waals surface area contributed by atoms with Crippen molar-refractivity contribution >= 4 is 18.7 Å². The van der Waals surface area contributed by atoms with Gasteiger partial charge in [0.05, 0.1) is 12.7 Å². The number of rotatable bonds is 13. The maximum atomic E-state index is 6.97. The highest BCUT2D eigenvalue weighted by molar-refractivity contribution is 6.99. The van der Waals surface area contributed by atoms with Gasteiger partial charge in [-0.25, -0.2) is 0 Å². The number of hydrogen-bond acceptors (Lipinski definition) is 3. The van der Waals surface area contributed by atoms with Crippen molar-refractivity contribution in [1.82, 2.24) is 0 Å². The molecular weight excluding hydrogens is 436 g/mol. The van der Waals surface area contributed by atoms with Crippen LogP contribution in [0.15, 0.2) is 91.0 Å². The first-order chi connectivity index (χ1) is 16.4. The molecule has 0 saturated heterocycles. The molecular formula is C30H40O3Si. The second-order valence-electron chi connectivity index (χ2n) is 9.87. The van der Waals surface area contributed by atoms with E-state index in [1.807, 2.05) is 18.2 Å². The van der Waals surface area contributed by atoms with Crippen LogP contribution in [0.4, 0.5) is 0 Å². The monoisotopic (exact) mass is 476 g/mol. The highest BCUT2D eigenvalue weighted by Gasteiger charge is 2.50. The van der Waals surface area contributed by atoms with Gasteiger partial charge in [-0.05, 0) is 40.7 Å². The van der Waals surface area contributed by atoms with E-state index >= 15 is 0 Å². The van der Waals surface area contributed by atoms with Crippen molar-refractivity contribution in [2.24, 2.45) is 0 Å². The Kier molecular flexibility index (Phi) is 10.1. The van der Waals surface area contributed by atoms with Crippen LogP contribution < -0.4 is 10.4 Å². The molecule has 0 saturated carbocycles. The Morgan fingerprint density at radius 2 is 1.24 bits per heavy atom. The number of hydrogen-bond donors (Lipinski definition) is 0. The van der Waals surface area contributed by atoms with E-state index in [1.165, 1.54) is 15.9 Å². The highest BCUT2D eigenvalue weighted by atomic mass is 28.4. The Morgan fingerprint density at radius 3 is 1.76 bits per heavy atom. The molecule has 0 heterocycles. The smallest absolute Gasteiger partial charge is 0.261 e. The van der Waals surface area contributed by atoms with Gasteiger partial charge in [0.25, 0.3) is 8.32 Å². The van der Waals surface area contributed by atoms with Gasteiger partial charge in [-0.2, -0.15) is 0 Å². The average Bonchev–Trinajstić information content (AvgIpc) is 2.85. The minimum absolute atomic E-state index is 0.00407. The number of benzene rings is 3. The lowest BCUT2D eigenvalue weighted by Crippen LogP contribution is -2.66. The van der Waals surface area contributed by atoms with Crippen LogP contribution in [-0.4, -0.2) is 34.2 Å². The van der Waals surface area contributed by atoms with Crippen LogP contribution in [0, 0.1) is 0 Å². The lowest BCUT2D eigenvalue weighted by Gasteiger charge is -2.43. The molecule has 0 radical (unpaired) electrons. The van der Waals surface area contributed by atoms with Gasteiger partial charge in [-0.3, -0.25) is 0 Å². The van der Waals surface area contributed by atoms with Gasteiger partial charge < -0.3 is 13.9 Å². The molecule has 3 aromatic carbocycles. The van der Waals surface area contributed by atoms with Crippen molar-refractivity contribution in [3.8, 4) is 0 Å². The van der Waals surface area contributed by atoms with Crippen LogP contribution in [-0.2, 0) is 20.5 Å². The van der Waals surface area contributed by atoms with Crippen molar-refractivity contribution < 1.29 is 13.9 Å². The molecule has 0 amide bonds. The summed E-state index contributed by atoms with van der Waals surface area (Å²) in [6.45, 7) is 11.8. The highest BCUT2D eigenvalue weighted by Crippen LogP contribution is 2.36. The molecule has 3 aromatic rings. The van der Waals surface area contributed by atoms with Crippen molar-refractivity contribution in [3.05, 3.63) is 96.6 Å². The third kappa shape index (κ3) is 7.13. The van der Waals surface area contributed by atoms with Crippen LogP contribution >= 0.6 is 0 Å². The molecule has 0 aliphatic heterocycles. The fourth-order valence-electron chi connectivity index (χ4n) is 4.43. The summed E-state index contributed by atoms with van der Waals surface area (Å²) in [5, 5.41) is 2.63. The number of ether oxygens (including phenoxy) is 2. The van der Waals surface area contributed by atoms with Crippen LogP contribution in [0.2, 0.25) is 5.04 Å². The fraction of sp³-hybridized carbons (Fsp3) is 0.400. The molecule has 0 aromatic heterocycles. The van der Waals surface area contributed by atoms with E-state index in [9.17, 15) is 0 Å². The first-order valence-electron chi connectivity index (χ1n) is 12.4. The summed E-state index contributed by atoms with van der Waals surface area (Å²) in [4.78, 5) is 0. The second kappa shape index (κ2) is 13.0. The van der Waals surface area contributed by atoms with Gasteiger partial charge in [-0.15, -0.1) is 0 Å². The van der Waals surface area contributed by atoms with Crippen LogP contribution in [0.3, 0.4) is 0 Å². The van der Waals surface area contributed by atoms with E-state index in [0.29, 0.717) is 26.4 Å². The molecule has 1 atom stereocenters. The summed E-state index contributed by atoms with van der Waals surface area (Å²) in [5.41, 5.74) is 1.21. The third-order valence-electron chi connectivity index (χ3n) is 6.21. The maximum Gasteiger partial charge on any atom is 0.261 e. The molecule has 0 aliphatic rings. The van der Waals surface area contributed by atoms with Crippen molar-refractivity contribution in [2.45, 2.75) is 58.3 Å². The van der Waals surface area contributed by atoms with Gasteiger partial charge in [0, 0.05) is 19.8 Å². The Labute approximate surface area is 207 Å². The molecule has 34 heavy (non-hydrogen) atoms. The summed E-state index contributed by atoms with van der Waals surface area (Å²) in [7, 11) is -2.47. The molecule has 3 nitrogen and oxygen atoms in total.